The number of carbonyl (C=O) groups excluding carboxylic acids is 1. The Balaban J connectivity index is 0.00000196. The average Bonchev–Trinajstić information content (AvgIpc) is 3.26. The molecule has 26 heavy (non-hydrogen) atoms. The SMILES string of the molecule is Cc1oc(-c2ccccc2Cl)cc1C(=O)N1CC2CNCC2(CO)C1.Cl. The minimum absolute atomic E-state index is 0. The van der Waals surface area contributed by atoms with Crippen LogP contribution in [-0.2, 0) is 0 Å². The summed E-state index contributed by atoms with van der Waals surface area (Å²) in [4.78, 5) is 14.9. The van der Waals surface area contributed by atoms with Crippen LogP contribution in [0, 0.1) is 18.3 Å². The van der Waals surface area contributed by atoms with Crippen LogP contribution in [-0.4, -0.2) is 48.7 Å². The van der Waals surface area contributed by atoms with Crippen LogP contribution in [0.4, 0.5) is 0 Å². The molecule has 2 aliphatic heterocycles. The highest BCUT2D eigenvalue weighted by molar-refractivity contribution is 6.33. The van der Waals surface area contributed by atoms with Gasteiger partial charge in [0.2, 0.25) is 0 Å². The summed E-state index contributed by atoms with van der Waals surface area (Å²) in [5, 5.41) is 13.7. The topological polar surface area (TPSA) is 65.7 Å². The third-order valence-electron chi connectivity index (χ3n) is 5.57. The maximum atomic E-state index is 13.0. The van der Waals surface area contributed by atoms with Crippen molar-refractivity contribution in [1.29, 1.82) is 0 Å². The van der Waals surface area contributed by atoms with Crippen molar-refractivity contribution in [2.45, 2.75) is 6.92 Å². The zero-order valence-electron chi connectivity index (χ0n) is 14.5. The van der Waals surface area contributed by atoms with Crippen molar-refractivity contribution in [1.82, 2.24) is 10.2 Å². The summed E-state index contributed by atoms with van der Waals surface area (Å²) in [6.07, 6.45) is 0. The van der Waals surface area contributed by atoms with Crippen molar-refractivity contribution in [3.05, 3.63) is 46.7 Å². The number of halogens is 2. The maximum Gasteiger partial charge on any atom is 0.257 e. The van der Waals surface area contributed by atoms with E-state index in [1.165, 1.54) is 0 Å². The first-order chi connectivity index (χ1) is 12.0. The fourth-order valence-electron chi connectivity index (χ4n) is 4.06. The lowest BCUT2D eigenvalue weighted by Crippen LogP contribution is -2.37. The number of likely N-dealkylation sites (tertiary alicyclic amines) is 1. The van der Waals surface area contributed by atoms with E-state index in [2.05, 4.69) is 5.32 Å². The molecule has 0 bridgehead atoms. The van der Waals surface area contributed by atoms with E-state index in [0.717, 1.165) is 18.7 Å². The van der Waals surface area contributed by atoms with E-state index < -0.39 is 0 Å². The molecule has 2 N–H and O–H groups in total. The third-order valence-corrected chi connectivity index (χ3v) is 5.90. The van der Waals surface area contributed by atoms with E-state index in [0.29, 0.717) is 41.1 Å². The van der Waals surface area contributed by atoms with Crippen molar-refractivity contribution >= 4 is 29.9 Å². The summed E-state index contributed by atoms with van der Waals surface area (Å²) >= 11 is 6.24. The number of benzene rings is 1. The standard InChI is InChI=1S/C19H21ClN2O3.ClH/c1-12-15(6-17(25-12)14-4-2-3-5-16(14)20)18(24)22-8-13-7-21-9-19(13,10-22)11-23;/h2-6,13,21,23H,7-11H2,1H3;1H. The fourth-order valence-corrected chi connectivity index (χ4v) is 4.29. The predicted octanol–water partition coefficient (Wildman–Crippen LogP) is 2.98. The summed E-state index contributed by atoms with van der Waals surface area (Å²) in [7, 11) is 0. The molecule has 0 radical (unpaired) electrons. The number of fused-ring (bicyclic) bond motifs is 1. The number of nitrogens with one attached hydrogen (secondary N) is 1. The van der Waals surface area contributed by atoms with Gasteiger partial charge < -0.3 is 19.7 Å². The van der Waals surface area contributed by atoms with Gasteiger partial charge in [-0.15, -0.1) is 12.4 Å². The summed E-state index contributed by atoms with van der Waals surface area (Å²) in [5.41, 5.74) is 1.13. The molecule has 3 heterocycles. The van der Waals surface area contributed by atoms with Gasteiger partial charge in [0.05, 0.1) is 17.2 Å². The minimum atomic E-state index is -0.209. The molecule has 2 aliphatic rings. The first kappa shape index (κ1) is 19.2. The summed E-state index contributed by atoms with van der Waals surface area (Å²) in [6.45, 7) is 4.74. The maximum absolute atomic E-state index is 13.0. The molecule has 4 rings (SSSR count). The Bertz CT molecular complexity index is 823. The van der Waals surface area contributed by atoms with Gasteiger partial charge in [0, 0.05) is 37.2 Å². The molecule has 1 aromatic heterocycles. The zero-order valence-corrected chi connectivity index (χ0v) is 16.1. The molecule has 140 valence electrons. The molecule has 5 nitrogen and oxygen atoms in total. The first-order valence-corrected chi connectivity index (χ1v) is 8.88. The van der Waals surface area contributed by atoms with Gasteiger partial charge in [-0.2, -0.15) is 0 Å². The number of furan rings is 1. The Kier molecular flexibility index (Phi) is 5.35. The number of hydrogen-bond donors (Lipinski definition) is 2. The molecular formula is C19H22Cl2N2O3. The number of nitrogens with zero attached hydrogens (tertiary/aromatic N) is 1. The van der Waals surface area contributed by atoms with E-state index in [1.54, 1.807) is 19.1 Å². The van der Waals surface area contributed by atoms with Gasteiger partial charge in [-0.3, -0.25) is 4.79 Å². The quantitative estimate of drug-likeness (QED) is 0.836. The summed E-state index contributed by atoms with van der Waals surface area (Å²) in [5.74, 6) is 1.45. The van der Waals surface area contributed by atoms with Crippen LogP contribution in [0.15, 0.2) is 34.7 Å². The van der Waals surface area contributed by atoms with Gasteiger partial charge >= 0.3 is 0 Å². The van der Waals surface area contributed by atoms with Crippen molar-refractivity contribution in [3.63, 3.8) is 0 Å². The van der Waals surface area contributed by atoms with Gasteiger partial charge in [0.15, 0.2) is 0 Å². The monoisotopic (exact) mass is 396 g/mol. The zero-order chi connectivity index (χ0) is 17.6. The van der Waals surface area contributed by atoms with Crippen LogP contribution in [0.5, 0.6) is 0 Å². The molecule has 2 saturated heterocycles. The number of carbonyl (C=O) groups is 1. The highest BCUT2D eigenvalue weighted by atomic mass is 35.5. The van der Waals surface area contributed by atoms with Crippen LogP contribution in [0.25, 0.3) is 11.3 Å². The number of aryl methyl sites for hydroxylation is 1. The van der Waals surface area contributed by atoms with Crippen molar-refractivity contribution < 1.29 is 14.3 Å². The van der Waals surface area contributed by atoms with Crippen LogP contribution in [0.3, 0.4) is 0 Å². The fraction of sp³-hybridized carbons (Fsp3) is 0.421. The van der Waals surface area contributed by atoms with Crippen LogP contribution in [0.2, 0.25) is 5.02 Å². The van der Waals surface area contributed by atoms with Crippen LogP contribution in [0.1, 0.15) is 16.1 Å². The summed E-state index contributed by atoms with van der Waals surface area (Å²) < 4.78 is 5.81. The molecule has 2 aromatic rings. The smallest absolute Gasteiger partial charge is 0.257 e. The van der Waals surface area contributed by atoms with Crippen LogP contribution >= 0.6 is 24.0 Å². The predicted molar refractivity (Wildman–Crippen MR) is 103 cm³/mol. The molecule has 1 amide bonds. The van der Waals surface area contributed by atoms with Crippen molar-refractivity contribution in [3.8, 4) is 11.3 Å². The Morgan fingerprint density at radius 3 is 2.92 bits per heavy atom. The largest absolute Gasteiger partial charge is 0.460 e. The first-order valence-electron chi connectivity index (χ1n) is 8.50. The molecule has 0 saturated carbocycles. The van der Waals surface area contributed by atoms with E-state index >= 15 is 0 Å². The molecule has 2 unspecified atom stereocenters. The van der Waals surface area contributed by atoms with Crippen molar-refractivity contribution in [2.24, 2.45) is 11.3 Å². The number of aliphatic hydroxyl groups is 1. The average molecular weight is 397 g/mol. The van der Waals surface area contributed by atoms with Gasteiger partial charge in [-0.1, -0.05) is 23.7 Å². The highest BCUT2D eigenvalue weighted by Crippen LogP contribution is 2.39. The Hall–Kier alpha value is -1.53. The van der Waals surface area contributed by atoms with E-state index in [-0.39, 0.29) is 30.3 Å². The molecule has 1 aromatic carbocycles. The number of rotatable bonds is 3. The lowest BCUT2D eigenvalue weighted by atomic mass is 9.82. The Morgan fingerprint density at radius 1 is 1.46 bits per heavy atom. The van der Waals surface area contributed by atoms with E-state index in [9.17, 15) is 9.90 Å². The minimum Gasteiger partial charge on any atom is -0.460 e. The second-order valence-corrected chi connectivity index (χ2v) is 7.50. The number of hydrogen-bond acceptors (Lipinski definition) is 4. The van der Waals surface area contributed by atoms with Crippen LogP contribution < -0.4 is 5.32 Å². The second kappa shape index (κ2) is 7.24. The number of aliphatic hydroxyl groups excluding tert-OH is 1. The molecule has 0 aliphatic carbocycles. The molecule has 2 fully saturated rings. The van der Waals surface area contributed by atoms with Gasteiger partial charge in [0.1, 0.15) is 11.5 Å². The normalized spacial score (nSPS) is 24.4. The summed E-state index contributed by atoms with van der Waals surface area (Å²) in [6, 6.07) is 9.20. The molecular weight excluding hydrogens is 375 g/mol. The molecule has 7 heteroatoms. The van der Waals surface area contributed by atoms with Gasteiger partial charge in [-0.05, 0) is 31.0 Å². The molecule has 2 atom stereocenters. The van der Waals surface area contributed by atoms with Crippen molar-refractivity contribution in [2.75, 3.05) is 32.8 Å². The molecule has 0 spiro atoms. The van der Waals surface area contributed by atoms with Gasteiger partial charge in [-0.25, -0.2) is 0 Å². The van der Waals surface area contributed by atoms with Gasteiger partial charge in [0.25, 0.3) is 5.91 Å². The Morgan fingerprint density at radius 2 is 2.23 bits per heavy atom. The lowest BCUT2D eigenvalue weighted by Gasteiger charge is -2.25. The Labute approximate surface area is 163 Å². The third kappa shape index (κ3) is 3.03. The lowest BCUT2D eigenvalue weighted by molar-refractivity contribution is 0.0743. The van der Waals surface area contributed by atoms with E-state index in [1.807, 2.05) is 23.1 Å². The van der Waals surface area contributed by atoms with E-state index in [4.69, 9.17) is 16.0 Å². The number of amides is 1. The second-order valence-electron chi connectivity index (χ2n) is 7.09. The highest BCUT2D eigenvalue weighted by Gasteiger charge is 2.50.